The number of hydrogen-bond acceptors (Lipinski definition) is 2. The molecule has 2 aliphatic rings. The molecule has 3 rings (SSSR count). The van der Waals surface area contributed by atoms with Crippen LogP contribution in [0.15, 0.2) is 18.2 Å². The van der Waals surface area contributed by atoms with Crippen LogP contribution >= 0.6 is 0 Å². The Hall–Kier alpha value is -1.02. The molecule has 1 aliphatic carbocycles. The molecule has 0 radical (unpaired) electrons. The van der Waals surface area contributed by atoms with E-state index in [1.54, 1.807) is 0 Å². The van der Waals surface area contributed by atoms with Gasteiger partial charge in [-0.15, -0.1) is 0 Å². The third-order valence-electron chi connectivity index (χ3n) is 4.19. The average Bonchev–Trinajstić information content (AvgIpc) is 2.78. The molecular formula is C16H23NO. The van der Waals surface area contributed by atoms with Gasteiger partial charge in [-0.3, -0.25) is 4.90 Å². The van der Waals surface area contributed by atoms with E-state index in [1.165, 1.54) is 56.3 Å². The number of ether oxygens (including phenoxy) is 1. The lowest BCUT2D eigenvalue weighted by Gasteiger charge is -2.27. The Morgan fingerprint density at radius 1 is 1.17 bits per heavy atom. The van der Waals surface area contributed by atoms with Gasteiger partial charge in [-0.2, -0.15) is 0 Å². The van der Waals surface area contributed by atoms with Crippen molar-refractivity contribution >= 4 is 0 Å². The van der Waals surface area contributed by atoms with E-state index in [-0.39, 0.29) is 0 Å². The van der Waals surface area contributed by atoms with E-state index in [0.717, 1.165) is 12.3 Å². The molecule has 0 aromatic heterocycles. The van der Waals surface area contributed by atoms with E-state index in [1.807, 2.05) is 0 Å². The maximum absolute atomic E-state index is 5.99. The fraction of sp³-hybridized carbons (Fsp3) is 0.625. The first-order valence-electron chi connectivity index (χ1n) is 7.30. The molecule has 0 atom stereocenters. The fourth-order valence-corrected chi connectivity index (χ4v) is 2.81. The minimum atomic E-state index is 0.480. The summed E-state index contributed by atoms with van der Waals surface area (Å²) in [6, 6.07) is 6.70. The number of likely N-dealkylation sites (tertiary alicyclic amines) is 1. The number of benzene rings is 1. The molecule has 0 bridgehead atoms. The standard InChI is InChI=1S/C16H23NO/c1-13-11-14(12-17-9-2-3-10-17)7-8-16(13)18-15-5-4-6-15/h7-8,11,15H,2-6,9-10,12H2,1H3. The minimum Gasteiger partial charge on any atom is -0.490 e. The SMILES string of the molecule is Cc1cc(CN2CCCC2)ccc1OC1CCC1. The van der Waals surface area contributed by atoms with Crippen molar-refractivity contribution in [2.45, 2.75) is 51.7 Å². The molecule has 1 aromatic carbocycles. The molecule has 18 heavy (non-hydrogen) atoms. The van der Waals surface area contributed by atoms with Gasteiger partial charge >= 0.3 is 0 Å². The smallest absolute Gasteiger partial charge is 0.122 e. The molecule has 0 N–H and O–H groups in total. The van der Waals surface area contributed by atoms with E-state index < -0.39 is 0 Å². The van der Waals surface area contributed by atoms with Crippen molar-refractivity contribution in [1.29, 1.82) is 0 Å². The minimum absolute atomic E-state index is 0.480. The van der Waals surface area contributed by atoms with Crippen LogP contribution in [0.1, 0.15) is 43.2 Å². The summed E-state index contributed by atoms with van der Waals surface area (Å²) in [5.74, 6) is 1.09. The van der Waals surface area contributed by atoms with E-state index >= 15 is 0 Å². The molecule has 2 heteroatoms. The van der Waals surface area contributed by atoms with Gasteiger partial charge in [-0.05, 0) is 69.3 Å². The van der Waals surface area contributed by atoms with Crippen LogP contribution < -0.4 is 4.74 Å². The molecule has 1 heterocycles. The molecular weight excluding hydrogens is 222 g/mol. The third-order valence-corrected chi connectivity index (χ3v) is 4.19. The van der Waals surface area contributed by atoms with Crippen LogP contribution in [0, 0.1) is 6.92 Å². The second kappa shape index (κ2) is 5.31. The molecule has 0 amide bonds. The van der Waals surface area contributed by atoms with Crippen LogP contribution in [0.5, 0.6) is 5.75 Å². The summed E-state index contributed by atoms with van der Waals surface area (Å²) in [6.07, 6.45) is 7.00. The molecule has 98 valence electrons. The van der Waals surface area contributed by atoms with E-state index in [2.05, 4.69) is 30.0 Å². The van der Waals surface area contributed by atoms with Gasteiger partial charge in [-0.25, -0.2) is 0 Å². The van der Waals surface area contributed by atoms with E-state index in [0.29, 0.717) is 6.10 Å². The van der Waals surface area contributed by atoms with Crippen molar-refractivity contribution in [2.75, 3.05) is 13.1 Å². The van der Waals surface area contributed by atoms with Crippen molar-refractivity contribution in [1.82, 2.24) is 4.90 Å². The highest BCUT2D eigenvalue weighted by Gasteiger charge is 2.20. The van der Waals surface area contributed by atoms with E-state index in [4.69, 9.17) is 4.74 Å². The van der Waals surface area contributed by atoms with Crippen LogP contribution in [-0.4, -0.2) is 24.1 Å². The average molecular weight is 245 g/mol. The molecule has 1 saturated heterocycles. The van der Waals surface area contributed by atoms with Crippen LogP contribution in [0.2, 0.25) is 0 Å². The summed E-state index contributed by atoms with van der Waals surface area (Å²) in [6.45, 7) is 5.80. The summed E-state index contributed by atoms with van der Waals surface area (Å²) >= 11 is 0. The Kier molecular flexibility index (Phi) is 3.55. The molecule has 1 aliphatic heterocycles. The maximum atomic E-state index is 5.99. The van der Waals surface area contributed by atoms with Gasteiger partial charge in [-0.1, -0.05) is 12.1 Å². The Bertz CT molecular complexity index is 406. The number of hydrogen-bond donors (Lipinski definition) is 0. The summed E-state index contributed by atoms with van der Waals surface area (Å²) in [5.41, 5.74) is 2.72. The lowest BCUT2D eigenvalue weighted by Crippen LogP contribution is -2.25. The summed E-state index contributed by atoms with van der Waals surface area (Å²) in [4.78, 5) is 2.54. The van der Waals surface area contributed by atoms with Crippen LogP contribution in [0.4, 0.5) is 0 Å². The Morgan fingerprint density at radius 2 is 1.94 bits per heavy atom. The number of aryl methyl sites for hydroxylation is 1. The van der Waals surface area contributed by atoms with Gasteiger partial charge < -0.3 is 4.74 Å². The van der Waals surface area contributed by atoms with Crippen molar-refractivity contribution in [3.63, 3.8) is 0 Å². The summed E-state index contributed by atoms with van der Waals surface area (Å²) in [7, 11) is 0. The van der Waals surface area contributed by atoms with Gasteiger partial charge in [0, 0.05) is 6.54 Å². The summed E-state index contributed by atoms with van der Waals surface area (Å²) in [5, 5.41) is 0. The van der Waals surface area contributed by atoms with Crippen LogP contribution in [-0.2, 0) is 6.54 Å². The van der Waals surface area contributed by atoms with Gasteiger partial charge in [0.2, 0.25) is 0 Å². The Morgan fingerprint density at radius 3 is 2.56 bits per heavy atom. The van der Waals surface area contributed by atoms with Gasteiger partial charge in [0.1, 0.15) is 5.75 Å². The lowest BCUT2D eigenvalue weighted by atomic mass is 9.96. The van der Waals surface area contributed by atoms with E-state index in [9.17, 15) is 0 Å². The zero-order valence-electron chi connectivity index (χ0n) is 11.3. The predicted octanol–water partition coefficient (Wildman–Crippen LogP) is 3.52. The topological polar surface area (TPSA) is 12.5 Å². The zero-order valence-corrected chi connectivity index (χ0v) is 11.3. The van der Waals surface area contributed by atoms with Gasteiger partial charge in [0.05, 0.1) is 6.10 Å². The van der Waals surface area contributed by atoms with Gasteiger partial charge in [0.15, 0.2) is 0 Å². The normalized spacial score (nSPS) is 20.9. The number of nitrogens with zero attached hydrogens (tertiary/aromatic N) is 1. The maximum Gasteiger partial charge on any atom is 0.122 e. The second-order valence-corrected chi connectivity index (χ2v) is 5.75. The van der Waals surface area contributed by atoms with Crippen LogP contribution in [0.25, 0.3) is 0 Å². The largest absolute Gasteiger partial charge is 0.490 e. The highest BCUT2D eigenvalue weighted by atomic mass is 16.5. The summed E-state index contributed by atoms with van der Waals surface area (Å²) < 4.78 is 5.99. The van der Waals surface area contributed by atoms with Gasteiger partial charge in [0.25, 0.3) is 0 Å². The molecule has 2 nitrogen and oxygen atoms in total. The fourth-order valence-electron chi connectivity index (χ4n) is 2.81. The predicted molar refractivity (Wildman–Crippen MR) is 74.0 cm³/mol. The monoisotopic (exact) mass is 245 g/mol. The first kappa shape index (κ1) is 12.0. The van der Waals surface area contributed by atoms with Crippen molar-refractivity contribution in [2.24, 2.45) is 0 Å². The molecule has 1 aromatic rings. The first-order chi connectivity index (χ1) is 8.81. The van der Waals surface area contributed by atoms with Crippen molar-refractivity contribution in [3.8, 4) is 5.75 Å². The molecule has 0 unspecified atom stereocenters. The van der Waals surface area contributed by atoms with Crippen molar-refractivity contribution in [3.05, 3.63) is 29.3 Å². The Balaban J connectivity index is 1.63. The number of rotatable bonds is 4. The highest BCUT2D eigenvalue weighted by Crippen LogP contribution is 2.28. The second-order valence-electron chi connectivity index (χ2n) is 5.75. The quantitative estimate of drug-likeness (QED) is 0.804. The lowest BCUT2D eigenvalue weighted by molar-refractivity contribution is 0.119. The third kappa shape index (κ3) is 2.69. The molecule has 0 spiro atoms. The Labute approximate surface area is 110 Å². The molecule has 2 fully saturated rings. The zero-order chi connectivity index (χ0) is 12.4. The van der Waals surface area contributed by atoms with Crippen molar-refractivity contribution < 1.29 is 4.74 Å². The first-order valence-corrected chi connectivity index (χ1v) is 7.30. The highest BCUT2D eigenvalue weighted by molar-refractivity contribution is 5.36. The van der Waals surface area contributed by atoms with Crippen LogP contribution in [0.3, 0.4) is 0 Å². The molecule has 1 saturated carbocycles.